The van der Waals surface area contributed by atoms with Gasteiger partial charge in [0.25, 0.3) is 0 Å². The fraction of sp³-hybridized carbons (Fsp3) is 0.462. The van der Waals surface area contributed by atoms with Crippen molar-refractivity contribution >= 4 is 17.5 Å². The second-order valence-electron chi connectivity index (χ2n) is 4.12. The van der Waals surface area contributed by atoms with Crippen LogP contribution in [0.5, 0.6) is 11.5 Å². The van der Waals surface area contributed by atoms with Crippen LogP contribution in [0.1, 0.15) is 18.9 Å². The largest absolute Gasteiger partial charge is 0.493 e. The first-order valence-electron chi connectivity index (χ1n) is 5.70. The normalized spacial score (nSPS) is 12.0. The van der Waals surface area contributed by atoms with Gasteiger partial charge in [-0.3, -0.25) is 4.79 Å². The van der Waals surface area contributed by atoms with E-state index in [1.54, 1.807) is 27.2 Å². The van der Waals surface area contributed by atoms with E-state index < -0.39 is 0 Å². The standard InChI is InChI=1S/C13H18ClNO3/c1-8(13(15)16)4-5-9-6-7-10(17-2)12(18-3)11(9)14/h6-8H,4-5H2,1-3H3,(H2,15,16). The van der Waals surface area contributed by atoms with Crippen LogP contribution in [0.3, 0.4) is 0 Å². The van der Waals surface area contributed by atoms with Gasteiger partial charge >= 0.3 is 0 Å². The van der Waals surface area contributed by atoms with Crippen LogP contribution in [0.4, 0.5) is 0 Å². The summed E-state index contributed by atoms with van der Waals surface area (Å²) >= 11 is 6.23. The Kier molecular flexibility index (Phi) is 5.28. The van der Waals surface area contributed by atoms with Gasteiger partial charge in [-0.1, -0.05) is 24.6 Å². The highest BCUT2D eigenvalue weighted by atomic mass is 35.5. The minimum Gasteiger partial charge on any atom is -0.493 e. The Morgan fingerprint density at radius 1 is 1.39 bits per heavy atom. The topological polar surface area (TPSA) is 61.5 Å². The Morgan fingerprint density at radius 2 is 2.06 bits per heavy atom. The van der Waals surface area contributed by atoms with Crippen LogP contribution in [0.15, 0.2) is 12.1 Å². The van der Waals surface area contributed by atoms with E-state index in [4.69, 9.17) is 26.8 Å². The molecule has 1 atom stereocenters. The third kappa shape index (κ3) is 3.29. The SMILES string of the molecule is COc1ccc(CCC(C)C(N)=O)c(Cl)c1OC. The average molecular weight is 272 g/mol. The Hall–Kier alpha value is -1.42. The number of primary amides is 1. The molecule has 0 bridgehead atoms. The van der Waals surface area contributed by atoms with Crippen molar-refractivity contribution in [1.82, 2.24) is 0 Å². The van der Waals surface area contributed by atoms with Gasteiger partial charge in [-0.15, -0.1) is 0 Å². The van der Waals surface area contributed by atoms with Gasteiger partial charge in [0.05, 0.1) is 19.2 Å². The van der Waals surface area contributed by atoms with Gasteiger partial charge in [0, 0.05) is 5.92 Å². The van der Waals surface area contributed by atoms with Crippen LogP contribution in [0.2, 0.25) is 5.02 Å². The number of hydrogen-bond acceptors (Lipinski definition) is 3. The molecule has 0 aliphatic carbocycles. The molecular weight excluding hydrogens is 254 g/mol. The van der Waals surface area contributed by atoms with Crippen molar-refractivity contribution in [3.8, 4) is 11.5 Å². The van der Waals surface area contributed by atoms with Gasteiger partial charge < -0.3 is 15.2 Å². The van der Waals surface area contributed by atoms with Crippen molar-refractivity contribution in [2.75, 3.05) is 14.2 Å². The molecule has 18 heavy (non-hydrogen) atoms. The Bertz CT molecular complexity index is 434. The number of rotatable bonds is 6. The lowest BCUT2D eigenvalue weighted by molar-refractivity contribution is -0.121. The van der Waals surface area contributed by atoms with Gasteiger partial charge in [0.2, 0.25) is 5.91 Å². The number of aryl methyl sites for hydroxylation is 1. The van der Waals surface area contributed by atoms with Crippen molar-refractivity contribution in [2.45, 2.75) is 19.8 Å². The Labute approximate surface area is 112 Å². The molecule has 1 amide bonds. The molecule has 0 aliphatic heterocycles. The Morgan fingerprint density at radius 3 is 2.56 bits per heavy atom. The fourth-order valence-corrected chi connectivity index (χ4v) is 1.97. The van der Waals surface area contributed by atoms with E-state index in [9.17, 15) is 4.79 Å². The maximum Gasteiger partial charge on any atom is 0.220 e. The van der Waals surface area contributed by atoms with Crippen LogP contribution in [-0.4, -0.2) is 20.1 Å². The fourth-order valence-electron chi connectivity index (χ4n) is 1.64. The summed E-state index contributed by atoms with van der Waals surface area (Å²) in [6.45, 7) is 1.80. The second-order valence-corrected chi connectivity index (χ2v) is 4.49. The quantitative estimate of drug-likeness (QED) is 0.864. The zero-order valence-corrected chi connectivity index (χ0v) is 11.6. The number of nitrogens with two attached hydrogens (primary N) is 1. The summed E-state index contributed by atoms with van der Waals surface area (Å²) in [6, 6.07) is 3.67. The molecule has 5 heteroatoms. The highest BCUT2D eigenvalue weighted by Gasteiger charge is 2.15. The molecular formula is C13H18ClNO3. The van der Waals surface area contributed by atoms with E-state index in [0.717, 1.165) is 5.56 Å². The molecule has 1 rings (SSSR count). The predicted molar refractivity (Wildman–Crippen MR) is 71.2 cm³/mol. The number of hydrogen-bond donors (Lipinski definition) is 1. The third-order valence-corrected chi connectivity index (χ3v) is 3.31. The second kappa shape index (κ2) is 6.50. The summed E-state index contributed by atoms with van der Waals surface area (Å²) < 4.78 is 10.4. The predicted octanol–water partition coefficient (Wildman–Crippen LogP) is 2.41. The number of carbonyl (C=O) groups is 1. The average Bonchev–Trinajstić information content (AvgIpc) is 2.36. The molecule has 0 spiro atoms. The number of halogens is 1. The molecule has 4 nitrogen and oxygen atoms in total. The molecule has 1 aromatic rings. The number of benzene rings is 1. The lowest BCUT2D eigenvalue weighted by Gasteiger charge is -2.13. The molecule has 0 saturated carbocycles. The summed E-state index contributed by atoms with van der Waals surface area (Å²) in [4.78, 5) is 11.0. The third-order valence-electron chi connectivity index (χ3n) is 2.90. The first-order valence-corrected chi connectivity index (χ1v) is 6.07. The highest BCUT2D eigenvalue weighted by molar-refractivity contribution is 6.33. The molecule has 1 unspecified atom stereocenters. The number of ether oxygens (including phenoxy) is 2. The van der Waals surface area contributed by atoms with Crippen molar-refractivity contribution in [3.63, 3.8) is 0 Å². The molecule has 0 aromatic heterocycles. The van der Waals surface area contributed by atoms with Crippen LogP contribution >= 0.6 is 11.6 Å². The minimum atomic E-state index is -0.299. The van der Waals surface area contributed by atoms with Crippen LogP contribution in [0, 0.1) is 5.92 Å². The van der Waals surface area contributed by atoms with Gasteiger partial charge in [-0.05, 0) is 24.5 Å². The van der Waals surface area contributed by atoms with Crippen molar-refractivity contribution in [2.24, 2.45) is 11.7 Å². The van der Waals surface area contributed by atoms with E-state index in [-0.39, 0.29) is 11.8 Å². The van der Waals surface area contributed by atoms with Crippen molar-refractivity contribution < 1.29 is 14.3 Å². The zero-order valence-electron chi connectivity index (χ0n) is 10.8. The molecule has 2 N–H and O–H groups in total. The van der Waals surface area contributed by atoms with E-state index in [1.165, 1.54) is 0 Å². The van der Waals surface area contributed by atoms with Gasteiger partial charge in [0.1, 0.15) is 0 Å². The first kappa shape index (κ1) is 14.6. The van der Waals surface area contributed by atoms with Gasteiger partial charge in [-0.25, -0.2) is 0 Å². The maximum atomic E-state index is 11.0. The highest BCUT2D eigenvalue weighted by Crippen LogP contribution is 2.37. The summed E-state index contributed by atoms with van der Waals surface area (Å²) in [5, 5.41) is 0.522. The van der Waals surface area contributed by atoms with Crippen molar-refractivity contribution in [1.29, 1.82) is 0 Å². The minimum absolute atomic E-state index is 0.172. The maximum absolute atomic E-state index is 11.0. The van der Waals surface area contributed by atoms with Crippen LogP contribution < -0.4 is 15.2 Å². The lowest BCUT2D eigenvalue weighted by Crippen LogP contribution is -2.20. The molecule has 0 heterocycles. The molecule has 0 fully saturated rings. The van der Waals surface area contributed by atoms with Crippen molar-refractivity contribution in [3.05, 3.63) is 22.7 Å². The molecule has 1 aromatic carbocycles. The summed E-state index contributed by atoms with van der Waals surface area (Å²) in [5.41, 5.74) is 6.14. The summed E-state index contributed by atoms with van der Waals surface area (Å²) in [7, 11) is 3.10. The van der Waals surface area contributed by atoms with Crippen LogP contribution in [-0.2, 0) is 11.2 Å². The molecule has 0 aliphatic rings. The molecule has 100 valence electrons. The molecule has 0 radical (unpaired) electrons. The van der Waals surface area contributed by atoms with Gasteiger partial charge in [-0.2, -0.15) is 0 Å². The van der Waals surface area contributed by atoms with E-state index in [1.807, 2.05) is 6.07 Å². The Balaban J connectivity index is 2.87. The van der Waals surface area contributed by atoms with Gasteiger partial charge in [0.15, 0.2) is 11.5 Å². The smallest absolute Gasteiger partial charge is 0.220 e. The summed E-state index contributed by atoms with van der Waals surface area (Å²) in [6.07, 6.45) is 1.33. The lowest BCUT2D eigenvalue weighted by atomic mass is 10.0. The number of carbonyl (C=O) groups excluding carboxylic acids is 1. The summed E-state index contributed by atoms with van der Waals surface area (Å²) in [5.74, 6) is 0.637. The van der Waals surface area contributed by atoms with E-state index in [0.29, 0.717) is 29.4 Å². The zero-order chi connectivity index (χ0) is 13.7. The molecule has 0 saturated heterocycles. The number of methoxy groups -OCH3 is 2. The first-order chi connectivity index (χ1) is 8.51. The van der Waals surface area contributed by atoms with Crippen LogP contribution in [0.25, 0.3) is 0 Å². The monoisotopic (exact) mass is 271 g/mol. The number of amides is 1. The van der Waals surface area contributed by atoms with E-state index >= 15 is 0 Å². The van der Waals surface area contributed by atoms with E-state index in [2.05, 4.69) is 0 Å².